The van der Waals surface area contributed by atoms with Gasteiger partial charge in [0.15, 0.2) is 0 Å². The minimum atomic E-state index is 0.0997. The molecule has 0 aromatic rings. The van der Waals surface area contributed by atoms with E-state index in [4.69, 9.17) is 0 Å². The predicted molar refractivity (Wildman–Crippen MR) is 69.2 cm³/mol. The van der Waals surface area contributed by atoms with E-state index < -0.39 is 0 Å². The molecule has 2 aliphatic heterocycles. The number of nitrogens with zero attached hydrogens (tertiary/aromatic N) is 3. The van der Waals surface area contributed by atoms with Gasteiger partial charge in [-0.2, -0.15) is 0 Å². The van der Waals surface area contributed by atoms with Gasteiger partial charge in [0.05, 0.1) is 0 Å². The van der Waals surface area contributed by atoms with Crippen LogP contribution in [-0.4, -0.2) is 66.9 Å². The topological polar surface area (TPSA) is 43.9 Å². The molecule has 102 valence electrons. The monoisotopic (exact) mass is 253 g/mol. The normalized spacial score (nSPS) is 21.2. The van der Waals surface area contributed by atoms with Crippen LogP contribution in [0.2, 0.25) is 0 Å². The molecule has 0 bridgehead atoms. The van der Waals surface area contributed by atoms with Crippen LogP contribution in [0.4, 0.5) is 4.79 Å². The third-order valence-corrected chi connectivity index (χ3v) is 3.93. The molecule has 5 heteroatoms. The molecule has 2 saturated heterocycles. The summed E-state index contributed by atoms with van der Waals surface area (Å²) < 4.78 is 0. The van der Waals surface area contributed by atoms with Crippen LogP contribution in [0.25, 0.3) is 0 Å². The van der Waals surface area contributed by atoms with Crippen LogP contribution in [0.5, 0.6) is 0 Å². The highest BCUT2D eigenvalue weighted by Gasteiger charge is 2.30. The van der Waals surface area contributed by atoms with Crippen LogP contribution in [-0.2, 0) is 4.79 Å². The maximum atomic E-state index is 12.2. The lowest BCUT2D eigenvalue weighted by molar-refractivity contribution is -0.134. The third kappa shape index (κ3) is 2.76. The van der Waals surface area contributed by atoms with Crippen LogP contribution >= 0.6 is 0 Å². The molecule has 0 N–H and O–H groups in total. The first kappa shape index (κ1) is 13.2. The number of hydrogen-bond acceptors (Lipinski definition) is 2. The molecule has 0 aromatic carbocycles. The molecule has 0 atom stereocenters. The summed E-state index contributed by atoms with van der Waals surface area (Å²) in [7, 11) is 3.59. The first-order valence-electron chi connectivity index (χ1n) is 6.84. The van der Waals surface area contributed by atoms with E-state index in [9.17, 15) is 9.59 Å². The van der Waals surface area contributed by atoms with Crippen molar-refractivity contribution in [2.45, 2.75) is 25.7 Å². The molecule has 5 nitrogen and oxygen atoms in total. The molecule has 2 fully saturated rings. The minimum absolute atomic E-state index is 0.0997. The Labute approximate surface area is 109 Å². The van der Waals surface area contributed by atoms with Crippen LogP contribution in [0.3, 0.4) is 0 Å². The van der Waals surface area contributed by atoms with Gasteiger partial charge in [-0.3, -0.25) is 4.79 Å². The van der Waals surface area contributed by atoms with Gasteiger partial charge in [-0.25, -0.2) is 4.79 Å². The lowest BCUT2D eigenvalue weighted by Crippen LogP contribution is -2.47. The molecule has 0 spiro atoms. The van der Waals surface area contributed by atoms with Crippen molar-refractivity contribution in [3.8, 4) is 0 Å². The first-order chi connectivity index (χ1) is 8.59. The predicted octanol–water partition coefficient (Wildman–Crippen LogP) is 1.00. The van der Waals surface area contributed by atoms with Crippen LogP contribution < -0.4 is 0 Å². The van der Waals surface area contributed by atoms with Gasteiger partial charge >= 0.3 is 6.03 Å². The van der Waals surface area contributed by atoms with Crippen LogP contribution in [0, 0.1) is 5.92 Å². The molecular weight excluding hydrogens is 230 g/mol. The number of urea groups is 1. The molecule has 0 radical (unpaired) electrons. The maximum Gasteiger partial charge on any atom is 0.319 e. The zero-order valence-electron chi connectivity index (χ0n) is 11.4. The van der Waals surface area contributed by atoms with Crippen molar-refractivity contribution in [2.75, 3.05) is 40.3 Å². The van der Waals surface area contributed by atoms with Gasteiger partial charge in [0.2, 0.25) is 5.91 Å². The quantitative estimate of drug-likeness (QED) is 0.700. The van der Waals surface area contributed by atoms with Gasteiger partial charge in [0.25, 0.3) is 0 Å². The SMILES string of the molecule is CN(C)C(=O)C1CCN(C(=O)N2CCCC2)CC1. The second kappa shape index (κ2) is 5.59. The molecule has 0 saturated carbocycles. The Morgan fingerprint density at radius 3 is 1.94 bits per heavy atom. The number of amides is 3. The highest BCUT2D eigenvalue weighted by atomic mass is 16.2. The molecule has 0 aliphatic carbocycles. The van der Waals surface area contributed by atoms with Gasteiger partial charge < -0.3 is 14.7 Å². The van der Waals surface area contributed by atoms with Gasteiger partial charge in [0.1, 0.15) is 0 Å². The van der Waals surface area contributed by atoms with Crippen molar-refractivity contribution in [1.82, 2.24) is 14.7 Å². The van der Waals surface area contributed by atoms with Gasteiger partial charge in [0, 0.05) is 46.2 Å². The summed E-state index contributed by atoms with van der Waals surface area (Å²) in [4.78, 5) is 29.5. The van der Waals surface area contributed by atoms with Crippen molar-refractivity contribution < 1.29 is 9.59 Å². The summed E-state index contributed by atoms with van der Waals surface area (Å²) in [6, 6.07) is 0.170. The Balaban J connectivity index is 1.82. The molecule has 2 heterocycles. The average Bonchev–Trinajstić information content (AvgIpc) is 2.91. The zero-order valence-corrected chi connectivity index (χ0v) is 11.4. The van der Waals surface area contributed by atoms with E-state index >= 15 is 0 Å². The standard InChI is InChI=1S/C13H23N3O2/c1-14(2)12(17)11-5-9-16(10-6-11)13(18)15-7-3-4-8-15/h11H,3-10H2,1-2H3. The number of carbonyl (C=O) groups excluding carboxylic acids is 2. The lowest BCUT2D eigenvalue weighted by Gasteiger charge is -2.34. The second-order valence-electron chi connectivity index (χ2n) is 5.47. The Kier molecular flexibility index (Phi) is 4.09. The van der Waals surface area contributed by atoms with Crippen LogP contribution in [0.15, 0.2) is 0 Å². The van der Waals surface area contributed by atoms with Crippen molar-refractivity contribution in [3.05, 3.63) is 0 Å². The van der Waals surface area contributed by atoms with E-state index in [0.717, 1.165) is 51.9 Å². The molecule has 0 unspecified atom stereocenters. The first-order valence-corrected chi connectivity index (χ1v) is 6.84. The largest absolute Gasteiger partial charge is 0.349 e. The van der Waals surface area contributed by atoms with Gasteiger partial charge in [-0.05, 0) is 25.7 Å². The summed E-state index contributed by atoms with van der Waals surface area (Å²) in [5.41, 5.74) is 0. The number of piperidine rings is 1. The molecule has 0 aromatic heterocycles. The fourth-order valence-corrected chi connectivity index (χ4v) is 2.79. The van der Waals surface area contributed by atoms with Gasteiger partial charge in [-0.15, -0.1) is 0 Å². The van der Waals surface area contributed by atoms with Gasteiger partial charge in [-0.1, -0.05) is 0 Å². The van der Waals surface area contributed by atoms with E-state index in [-0.39, 0.29) is 17.9 Å². The smallest absolute Gasteiger partial charge is 0.319 e. The van der Waals surface area contributed by atoms with E-state index in [1.54, 1.807) is 19.0 Å². The molecule has 3 amide bonds. The fourth-order valence-electron chi connectivity index (χ4n) is 2.79. The highest BCUT2D eigenvalue weighted by molar-refractivity contribution is 5.79. The number of hydrogen-bond donors (Lipinski definition) is 0. The Morgan fingerprint density at radius 2 is 1.44 bits per heavy atom. The molecular formula is C13H23N3O2. The Hall–Kier alpha value is -1.26. The van der Waals surface area contributed by atoms with Crippen molar-refractivity contribution in [1.29, 1.82) is 0 Å². The zero-order chi connectivity index (χ0) is 13.1. The maximum absolute atomic E-state index is 12.2. The van der Waals surface area contributed by atoms with E-state index in [1.165, 1.54) is 0 Å². The molecule has 2 aliphatic rings. The summed E-state index contributed by atoms with van der Waals surface area (Å²) in [5, 5.41) is 0. The Morgan fingerprint density at radius 1 is 0.944 bits per heavy atom. The van der Waals surface area contributed by atoms with Crippen LogP contribution in [0.1, 0.15) is 25.7 Å². The highest BCUT2D eigenvalue weighted by Crippen LogP contribution is 2.21. The number of carbonyl (C=O) groups is 2. The van der Waals surface area contributed by atoms with Crippen molar-refractivity contribution in [3.63, 3.8) is 0 Å². The van der Waals surface area contributed by atoms with Crippen molar-refractivity contribution >= 4 is 11.9 Å². The average molecular weight is 253 g/mol. The molecule has 18 heavy (non-hydrogen) atoms. The van der Waals surface area contributed by atoms with Crippen molar-refractivity contribution in [2.24, 2.45) is 5.92 Å². The number of rotatable bonds is 1. The summed E-state index contributed by atoms with van der Waals surface area (Å²) >= 11 is 0. The summed E-state index contributed by atoms with van der Waals surface area (Å²) in [6.45, 7) is 3.24. The summed E-state index contributed by atoms with van der Waals surface area (Å²) in [5.74, 6) is 0.297. The van der Waals surface area contributed by atoms with E-state index in [2.05, 4.69) is 0 Å². The number of likely N-dealkylation sites (tertiary alicyclic amines) is 2. The van der Waals surface area contributed by atoms with E-state index in [1.807, 2.05) is 9.80 Å². The third-order valence-electron chi connectivity index (χ3n) is 3.93. The summed E-state index contributed by atoms with van der Waals surface area (Å²) in [6.07, 6.45) is 3.86. The minimum Gasteiger partial charge on any atom is -0.349 e. The lowest BCUT2D eigenvalue weighted by atomic mass is 9.96. The molecule has 2 rings (SSSR count). The second-order valence-corrected chi connectivity index (χ2v) is 5.47. The van der Waals surface area contributed by atoms with E-state index in [0.29, 0.717) is 0 Å². The fraction of sp³-hybridized carbons (Fsp3) is 0.846. The Bertz CT molecular complexity index is 316.